The van der Waals surface area contributed by atoms with Gasteiger partial charge in [0.15, 0.2) is 0 Å². The Morgan fingerprint density at radius 3 is 2.57 bits per heavy atom. The summed E-state index contributed by atoms with van der Waals surface area (Å²) in [6, 6.07) is 9.10. The second-order valence-electron chi connectivity index (χ2n) is 4.58. The minimum Gasteiger partial charge on any atom is -0.480 e. The maximum atomic E-state index is 12.0. The second kappa shape index (κ2) is 7.19. The summed E-state index contributed by atoms with van der Waals surface area (Å²) in [7, 11) is 1.20. The number of hydrogen-bond acceptors (Lipinski definition) is 6. The quantitative estimate of drug-likeness (QED) is 0.341. The number of halogens is 1. The van der Waals surface area contributed by atoms with Crippen LogP contribution in [0.25, 0.3) is 0 Å². The highest BCUT2D eigenvalue weighted by molar-refractivity contribution is 9.10. The molecule has 0 N–H and O–H groups in total. The van der Waals surface area contributed by atoms with Crippen molar-refractivity contribution in [2.45, 2.75) is 13.5 Å². The molecule has 0 saturated carbocycles. The fourth-order valence-electron chi connectivity index (χ4n) is 1.95. The number of esters is 1. The molecular weight excluding hydrogens is 368 g/mol. The number of rotatable bonds is 5. The van der Waals surface area contributed by atoms with E-state index in [-0.39, 0.29) is 22.5 Å². The summed E-state index contributed by atoms with van der Waals surface area (Å²) in [5.41, 5.74) is 1.20. The number of carbonyl (C=O) groups excluding carboxylic acids is 1. The molecule has 0 bridgehead atoms. The summed E-state index contributed by atoms with van der Waals surface area (Å²) in [6.45, 7) is 1.66. The molecule has 0 unspecified atom stereocenters. The van der Waals surface area contributed by atoms with E-state index in [0.29, 0.717) is 5.56 Å². The highest BCUT2D eigenvalue weighted by Gasteiger charge is 2.31. The Kier molecular flexibility index (Phi) is 5.28. The first-order chi connectivity index (χ1) is 11.0. The van der Waals surface area contributed by atoms with Crippen molar-refractivity contribution in [3.05, 3.63) is 61.7 Å². The van der Waals surface area contributed by atoms with Gasteiger partial charge in [-0.3, -0.25) is 0 Å². The van der Waals surface area contributed by atoms with E-state index in [9.17, 15) is 14.9 Å². The highest BCUT2D eigenvalue weighted by atomic mass is 79.9. The molecule has 0 saturated heterocycles. The van der Waals surface area contributed by atoms with Crippen LogP contribution in [0.15, 0.2) is 34.9 Å². The Balaban J connectivity index is 2.51. The smallest absolute Gasteiger partial charge is 0.408 e. The van der Waals surface area contributed by atoms with Crippen molar-refractivity contribution < 1.29 is 19.2 Å². The summed E-state index contributed by atoms with van der Waals surface area (Å²) in [6.07, 6.45) is 0. The van der Waals surface area contributed by atoms with Crippen LogP contribution in [0.5, 0.6) is 5.75 Å². The van der Waals surface area contributed by atoms with Gasteiger partial charge in [-0.1, -0.05) is 30.3 Å². The monoisotopic (exact) mass is 380 g/mol. The lowest BCUT2D eigenvalue weighted by molar-refractivity contribution is -0.390. The minimum absolute atomic E-state index is 0.0167. The van der Waals surface area contributed by atoms with Crippen LogP contribution in [0.4, 0.5) is 5.82 Å². The maximum absolute atomic E-state index is 12.0. The number of pyridine rings is 1. The van der Waals surface area contributed by atoms with Gasteiger partial charge in [-0.05, 0) is 22.4 Å². The van der Waals surface area contributed by atoms with Gasteiger partial charge in [0.05, 0.1) is 7.11 Å². The Morgan fingerprint density at radius 2 is 2.00 bits per heavy atom. The molecule has 0 fully saturated rings. The van der Waals surface area contributed by atoms with Crippen molar-refractivity contribution in [2.24, 2.45) is 0 Å². The first kappa shape index (κ1) is 16.9. The second-order valence-corrected chi connectivity index (χ2v) is 5.33. The number of methoxy groups -OCH3 is 1. The van der Waals surface area contributed by atoms with Crippen LogP contribution in [0.2, 0.25) is 0 Å². The minimum atomic E-state index is -0.725. The van der Waals surface area contributed by atoms with Crippen molar-refractivity contribution in [1.82, 2.24) is 4.98 Å². The molecule has 0 aliphatic carbocycles. The fourth-order valence-corrected chi connectivity index (χ4v) is 2.32. The normalized spacial score (nSPS) is 10.2. The summed E-state index contributed by atoms with van der Waals surface area (Å²) >= 11 is 3.11. The Hall–Kier alpha value is -2.48. The highest BCUT2D eigenvalue weighted by Crippen LogP contribution is 2.36. The van der Waals surface area contributed by atoms with E-state index in [4.69, 9.17) is 9.47 Å². The number of nitro groups is 1. The average molecular weight is 381 g/mol. The molecule has 23 heavy (non-hydrogen) atoms. The van der Waals surface area contributed by atoms with E-state index in [2.05, 4.69) is 20.9 Å². The number of ether oxygens (including phenoxy) is 2. The van der Waals surface area contributed by atoms with Gasteiger partial charge in [0.2, 0.25) is 10.4 Å². The third-order valence-corrected chi connectivity index (χ3v) is 3.88. The van der Waals surface area contributed by atoms with Gasteiger partial charge in [-0.25, -0.2) is 4.79 Å². The summed E-state index contributed by atoms with van der Waals surface area (Å²) in [5.74, 6) is -1.47. The van der Waals surface area contributed by atoms with Gasteiger partial charge in [-0.15, -0.1) is 0 Å². The van der Waals surface area contributed by atoms with Gasteiger partial charge in [0.1, 0.15) is 12.2 Å². The standard InChI is InChI=1S/C15H13BrN2O5/c1-9-11(15(19)22-2)12(14(18(20)21)17-13(9)16)23-8-10-6-4-3-5-7-10/h3-7H,8H2,1-2H3. The average Bonchev–Trinajstić information content (AvgIpc) is 2.55. The number of carbonyl (C=O) groups is 1. The van der Waals surface area contributed by atoms with E-state index in [1.807, 2.05) is 30.3 Å². The van der Waals surface area contributed by atoms with Crippen molar-refractivity contribution in [3.63, 3.8) is 0 Å². The molecule has 0 amide bonds. The van der Waals surface area contributed by atoms with Crippen LogP contribution >= 0.6 is 15.9 Å². The van der Waals surface area contributed by atoms with E-state index in [1.165, 1.54) is 7.11 Å². The largest absolute Gasteiger partial charge is 0.480 e. The van der Waals surface area contributed by atoms with Gasteiger partial charge in [0, 0.05) is 21.5 Å². The Morgan fingerprint density at radius 1 is 1.35 bits per heavy atom. The lowest BCUT2D eigenvalue weighted by Crippen LogP contribution is -2.12. The number of aromatic nitrogens is 1. The number of benzene rings is 1. The van der Waals surface area contributed by atoms with Crippen molar-refractivity contribution in [1.29, 1.82) is 0 Å². The van der Waals surface area contributed by atoms with Crippen molar-refractivity contribution in [3.8, 4) is 5.75 Å². The predicted molar refractivity (Wildman–Crippen MR) is 85.4 cm³/mol. The third-order valence-electron chi connectivity index (χ3n) is 3.11. The van der Waals surface area contributed by atoms with Crippen LogP contribution < -0.4 is 4.74 Å². The van der Waals surface area contributed by atoms with Crippen LogP contribution in [0.1, 0.15) is 21.5 Å². The van der Waals surface area contributed by atoms with Crippen LogP contribution in [0, 0.1) is 17.0 Å². The van der Waals surface area contributed by atoms with Gasteiger partial charge < -0.3 is 19.6 Å². The first-order valence-corrected chi connectivity index (χ1v) is 7.34. The predicted octanol–water partition coefficient (Wildman–Crippen LogP) is 3.43. The molecule has 0 spiro atoms. The van der Waals surface area contributed by atoms with Gasteiger partial charge in [-0.2, -0.15) is 0 Å². The van der Waals surface area contributed by atoms with Gasteiger partial charge >= 0.3 is 11.8 Å². The zero-order chi connectivity index (χ0) is 17.0. The lowest BCUT2D eigenvalue weighted by Gasteiger charge is -2.12. The molecule has 1 aromatic carbocycles. The van der Waals surface area contributed by atoms with E-state index < -0.39 is 16.7 Å². The first-order valence-electron chi connectivity index (χ1n) is 6.55. The van der Waals surface area contributed by atoms with E-state index in [0.717, 1.165) is 5.56 Å². The van der Waals surface area contributed by atoms with Crippen molar-refractivity contribution >= 4 is 27.7 Å². The molecule has 0 radical (unpaired) electrons. The van der Waals surface area contributed by atoms with Crippen LogP contribution in [-0.2, 0) is 11.3 Å². The summed E-state index contributed by atoms with van der Waals surface area (Å²) in [5, 5.41) is 11.2. The lowest BCUT2D eigenvalue weighted by atomic mass is 10.1. The Bertz CT molecular complexity index is 749. The summed E-state index contributed by atoms with van der Waals surface area (Å²) < 4.78 is 10.4. The topological polar surface area (TPSA) is 91.6 Å². The SMILES string of the molecule is COC(=O)c1c(C)c(Br)nc([N+](=O)[O-])c1OCc1ccccc1. The zero-order valence-corrected chi connectivity index (χ0v) is 14.0. The van der Waals surface area contributed by atoms with Crippen molar-refractivity contribution in [2.75, 3.05) is 7.11 Å². The number of nitrogens with zero attached hydrogens (tertiary/aromatic N) is 2. The van der Waals surface area contributed by atoms with E-state index >= 15 is 0 Å². The molecule has 8 heteroatoms. The molecule has 1 heterocycles. The molecule has 2 rings (SSSR count). The molecular formula is C15H13BrN2O5. The zero-order valence-electron chi connectivity index (χ0n) is 12.4. The molecule has 1 aromatic heterocycles. The molecule has 0 aliphatic heterocycles. The van der Waals surface area contributed by atoms with Crippen LogP contribution in [0.3, 0.4) is 0 Å². The molecule has 0 aliphatic rings. The van der Waals surface area contributed by atoms with E-state index in [1.54, 1.807) is 6.92 Å². The molecule has 7 nitrogen and oxygen atoms in total. The van der Waals surface area contributed by atoms with Crippen LogP contribution in [-0.4, -0.2) is 23.0 Å². The molecule has 0 atom stereocenters. The fraction of sp³-hybridized carbons (Fsp3) is 0.200. The summed E-state index contributed by atoms with van der Waals surface area (Å²) in [4.78, 5) is 26.4. The maximum Gasteiger partial charge on any atom is 0.408 e. The molecule has 2 aromatic rings. The molecule has 120 valence electrons. The Labute approximate surface area is 140 Å². The third kappa shape index (κ3) is 3.65. The number of hydrogen-bond donors (Lipinski definition) is 0. The van der Waals surface area contributed by atoms with Gasteiger partial charge in [0.25, 0.3) is 0 Å².